The Hall–Kier alpha value is -0.770. The standard InChI is InChI=1S/C12H23NO3/c1-12(2,3)16-11(14)13-7-5-6-10(8-13)9-15-4/h10H,5-9H2,1-4H3/t10-/m0/s1. The van der Waals surface area contributed by atoms with E-state index in [9.17, 15) is 4.79 Å². The fourth-order valence-electron chi connectivity index (χ4n) is 1.93. The molecule has 0 aromatic rings. The van der Waals surface area contributed by atoms with Crippen LogP contribution in [0.25, 0.3) is 0 Å². The highest BCUT2D eigenvalue weighted by Gasteiger charge is 2.27. The third-order valence-electron chi connectivity index (χ3n) is 2.57. The van der Waals surface area contributed by atoms with Crippen molar-refractivity contribution in [2.75, 3.05) is 26.8 Å². The number of hydrogen-bond acceptors (Lipinski definition) is 3. The minimum Gasteiger partial charge on any atom is -0.444 e. The van der Waals surface area contributed by atoms with Crippen LogP contribution in [-0.2, 0) is 9.47 Å². The number of likely N-dealkylation sites (tertiary alicyclic amines) is 1. The molecule has 0 unspecified atom stereocenters. The van der Waals surface area contributed by atoms with Gasteiger partial charge in [-0.1, -0.05) is 0 Å². The monoisotopic (exact) mass is 229 g/mol. The van der Waals surface area contributed by atoms with Gasteiger partial charge in [0.15, 0.2) is 0 Å². The molecule has 1 heterocycles. The third kappa shape index (κ3) is 4.39. The van der Waals surface area contributed by atoms with Crippen molar-refractivity contribution in [2.24, 2.45) is 5.92 Å². The number of carbonyl (C=O) groups is 1. The molecule has 1 aliphatic rings. The summed E-state index contributed by atoms with van der Waals surface area (Å²) in [7, 11) is 1.70. The Balaban J connectivity index is 2.44. The molecule has 0 aromatic carbocycles. The average Bonchev–Trinajstić information content (AvgIpc) is 2.16. The maximum absolute atomic E-state index is 11.8. The summed E-state index contributed by atoms with van der Waals surface area (Å²) in [5, 5.41) is 0. The molecule has 0 aromatic heterocycles. The van der Waals surface area contributed by atoms with E-state index < -0.39 is 5.60 Å². The van der Waals surface area contributed by atoms with Crippen LogP contribution in [0.4, 0.5) is 4.79 Å². The van der Waals surface area contributed by atoms with Crippen LogP contribution in [0.1, 0.15) is 33.6 Å². The smallest absolute Gasteiger partial charge is 0.410 e. The van der Waals surface area contributed by atoms with Gasteiger partial charge in [0, 0.05) is 26.1 Å². The average molecular weight is 229 g/mol. The molecule has 4 heteroatoms. The number of hydrogen-bond donors (Lipinski definition) is 0. The minimum atomic E-state index is -0.411. The topological polar surface area (TPSA) is 38.8 Å². The van der Waals surface area contributed by atoms with Crippen LogP contribution < -0.4 is 0 Å². The Bertz CT molecular complexity index is 233. The van der Waals surface area contributed by atoms with Gasteiger partial charge in [-0.2, -0.15) is 0 Å². The fraction of sp³-hybridized carbons (Fsp3) is 0.917. The van der Waals surface area contributed by atoms with Crippen molar-refractivity contribution >= 4 is 6.09 Å². The molecule has 16 heavy (non-hydrogen) atoms. The summed E-state index contributed by atoms with van der Waals surface area (Å²) in [6.07, 6.45) is 1.97. The largest absolute Gasteiger partial charge is 0.444 e. The maximum atomic E-state index is 11.8. The molecule has 1 amide bonds. The summed E-state index contributed by atoms with van der Waals surface area (Å²) < 4.78 is 10.5. The Morgan fingerprint density at radius 1 is 1.44 bits per heavy atom. The third-order valence-corrected chi connectivity index (χ3v) is 2.57. The quantitative estimate of drug-likeness (QED) is 0.729. The van der Waals surface area contributed by atoms with E-state index in [-0.39, 0.29) is 6.09 Å². The second-order valence-corrected chi connectivity index (χ2v) is 5.39. The Kier molecular flexibility index (Phi) is 4.59. The fourth-order valence-corrected chi connectivity index (χ4v) is 1.93. The lowest BCUT2D eigenvalue weighted by Crippen LogP contribution is -2.43. The van der Waals surface area contributed by atoms with Crippen LogP contribution in [0.15, 0.2) is 0 Å². The van der Waals surface area contributed by atoms with Gasteiger partial charge in [-0.15, -0.1) is 0 Å². The molecule has 1 aliphatic heterocycles. The van der Waals surface area contributed by atoms with Gasteiger partial charge in [0.2, 0.25) is 0 Å². The van der Waals surface area contributed by atoms with Gasteiger partial charge in [-0.3, -0.25) is 0 Å². The van der Waals surface area contributed by atoms with Crippen LogP contribution in [0.3, 0.4) is 0 Å². The van der Waals surface area contributed by atoms with Gasteiger partial charge < -0.3 is 14.4 Å². The van der Waals surface area contributed by atoms with E-state index in [1.807, 2.05) is 20.8 Å². The van der Waals surface area contributed by atoms with Crippen LogP contribution in [0.5, 0.6) is 0 Å². The van der Waals surface area contributed by atoms with Crippen molar-refractivity contribution in [3.05, 3.63) is 0 Å². The van der Waals surface area contributed by atoms with Crippen LogP contribution in [-0.4, -0.2) is 43.4 Å². The number of nitrogens with zero attached hydrogens (tertiary/aromatic N) is 1. The summed E-state index contributed by atoms with van der Waals surface area (Å²) in [5.41, 5.74) is -0.411. The molecule has 0 radical (unpaired) electrons. The zero-order chi connectivity index (χ0) is 12.2. The van der Waals surface area contributed by atoms with E-state index in [2.05, 4.69) is 0 Å². The van der Waals surface area contributed by atoms with Gasteiger partial charge in [-0.25, -0.2) is 4.79 Å². The van der Waals surface area contributed by atoms with Gasteiger partial charge in [0.05, 0.1) is 6.61 Å². The zero-order valence-corrected chi connectivity index (χ0v) is 10.8. The van der Waals surface area contributed by atoms with E-state index >= 15 is 0 Å². The lowest BCUT2D eigenvalue weighted by molar-refractivity contribution is 0.0109. The highest BCUT2D eigenvalue weighted by molar-refractivity contribution is 5.68. The molecule has 1 rings (SSSR count). The van der Waals surface area contributed by atoms with Crippen LogP contribution in [0, 0.1) is 5.92 Å². The summed E-state index contributed by atoms with van der Waals surface area (Å²) in [6.45, 7) is 7.95. The predicted molar refractivity (Wildman–Crippen MR) is 62.4 cm³/mol. The van der Waals surface area contributed by atoms with E-state index in [0.717, 1.165) is 32.5 Å². The predicted octanol–water partition coefficient (Wildman–Crippen LogP) is 2.28. The molecule has 0 aliphatic carbocycles. The summed E-state index contributed by atoms with van der Waals surface area (Å²) in [5.74, 6) is 0.450. The molecular weight excluding hydrogens is 206 g/mol. The lowest BCUT2D eigenvalue weighted by Gasteiger charge is -2.33. The van der Waals surface area contributed by atoms with E-state index in [4.69, 9.17) is 9.47 Å². The highest BCUT2D eigenvalue weighted by Crippen LogP contribution is 2.19. The van der Waals surface area contributed by atoms with Crippen molar-refractivity contribution in [2.45, 2.75) is 39.2 Å². The SMILES string of the molecule is COC[C@H]1CCCN(C(=O)OC(C)(C)C)C1. The summed E-state index contributed by atoms with van der Waals surface area (Å²) >= 11 is 0. The van der Waals surface area contributed by atoms with Crippen molar-refractivity contribution in [1.82, 2.24) is 4.90 Å². The van der Waals surface area contributed by atoms with Crippen molar-refractivity contribution in [3.63, 3.8) is 0 Å². The molecule has 1 saturated heterocycles. The maximum Gasteiger partial charge on any atom is 0.410 e. The number of carbonyl (C=O) groups excluding carboxylic acids is 1. The molecule has 0 bridgehead atoms. The number of methoxy groups -OCH3 is 1. The lowest BCUT2D eigenvalue weighted by atomic mass is 9.99. The van der Waals surface area contributed by atoms with E-state index in [1.54, 1.807) is 12.0 Å². The highest BCUT2D eigenvalue weighted by atomic mass is 16.6. The Morgan fingerprint density at radius 2 is 2.12 bits per heavy atom. The minimum absolute atomic E-state index is 0.201. The first-order valence-corrected chi connectivity index (χ1v) is 5.89. The number of rotatable bonds is 2. The first-order chi connectivity index (χ1) is 7.42. The van der Waals surface area contributed by atoms with E-state index in [1.165, 1.54) is 0 Å². The molecule has 0 saturated carbocycles. The number of ether oxygens (including phenoxy) is 2. The van der Waals surface area contributed by atoms with Gasteiger partial charge in [-0.05, 0) is 33.6 Å². The first kappa shape index (κ1) is 13.3. The normalized spacial score (nSPS) is 22.0. The van der Waals surface area contributed by atoms with Crippen molar-refractivity contribution in [1.29, 1.82) is 0 Å². The summed E-state index contributed by atoms with van der Waals surface area (Å²) in [4.78, 5) is 13.6. The molecule has 1 atom stereocenters. The Labute approximate surface area is 97.9 Å². The van der Waals surface area contributed by atoms with Gasteiger partial charge in [0.1, 0.15) is 5.60 Å². The second kappa shape index (κ2) is 5.53. The van der Waals surface area contributed by atoms with Crippen molar-refractivity contribution < 1.29 is 14.3 Å². The van der Waals surface area contributed by atoms with Gasteiger partial charge in [0.25, 0.3) is 0 Å². The molecular formula is C12H23NO3. The molecule has 0 spiro atoms. The number of amides is 1. The van der Waals surface area contributed by atoms with Crippen molar-refractivity contribution in [3.8, 4) is 0 Å². The zero-order valence-electron chi connectivity index (χ0n) is 10.8. The molecule has 4 nitrogen and oxygen atoms in total. The summed E-state index contributed by atoms with van der Waals surface area (Å²) in [6, 6.07) is 0. The molecule has 1 fully saturated rings. The second-order valence-electron chi connectivity index (χ2n) is 5.39. The van der Waals surface area contributed by atoms with E-state index in [0.29, 0.717) is 5.92 Å². The molecule has 94 valence electrons. The first-order valence-electron chi connectivity index (χ1n) is 5.89. The molecule has 0 N–H and O–H groups in total. The van der Waals surface area contributed by atoms with Crippen LogP contribution in [0.2, 0.25) is 0 Å². The number of piperidine rings is 1. The van der Waals surface area contributed by atoms with Gasteiger partial charge >= 0.3 is 6.09 Å². The van der Waals surface area contributed by atoms with Crippen LogP contribution >= 0.6 is 0 Å². The Morgan fingerprint density at radius 3 is 2.69 bits per heavy atom.